The van der Waals surface area contributed by atoms with E-state index >= 15 is 0 Å². The van der Waals surface area contributed by atoms with E-state index in [0.29, 0.717) is 5.82 Å². The van der Waals surface area contributed by atoms with Crippen LogP contribution in [-0.4, -0.2) is 37.7 Å². The molecule has 0 aromatic carbocycles. The van der Waals surface area contributed by atoms with Crippen molar-refractivity contribution in [2.45, 2.75) is 48.5 Å². The van der Waals surface area contributed by atoms with Gasteiger partial charge in [0.25, 0.3) is 0 Å². The molecule has 0 aliphatic carbocycles. The minimum atomic E-state index is -1.83. The summed E-state index contributed by atoms with van der Waals surface area (Å²) in [4.78, 5) is 20.9. The Bertz CT molecular complexity index is 414. The van der Waals surface area contributed by atoms with Gasteiger partial charge in [0.05, 0.1) is 6.07 Å². The molecule has 0 radical (unpaired) electrons. The predicted octanol–water partition coefficient (Wildman–Crippen LogP) is 4.96. The minimum absolute atomic E-state index is 0.572. The third-order valence-corrected chi connectivity index (χ3v) is 0.688. The largest absolute Gasteiger partial charge is 0.503 e. The number of nitriles is 1. The number of aromatic nitrogens is 1. The maximum atomic E-state index is 8.56. The number of rotatable bonds is 0. The summed E-state index contributed by atoms with van der Waals surface area (Å²) < 4.78 is 0. The third-order valence-electron chi connectivity index (χ3n) is 0.688. The van der Waals surface area contributed by atoms with Gasteiger partial charge in [0, 0.05) is 13.1 Å². The van der Waals surface area contributed by atoms with Crippen molar-refractivity contribution in [1.29, 1.82) is 5.26 Å². The highest BCUT2D eigenvalue weighted by Gasteiger charge is 1.73. The Balaban J connectivity index is -0.0000000701. The molecule has 6 N–H and O–H groups in total. The van der Waals surface area contributed by atoms with E-state index < -0.39 is 12.3 Å². The Hall–Kier alpha value is -3.02. The molecule has 152 valence electrons. The van der Waals surface area contributed by atoms with Gasteiger partial charge >= 0.3 is 12.3 Å². The summed E-state index contributed by atoms with van der Waals surface area (Å²) >= 11 is 0. The molecule has 0 aliphatic rings. The first-order chi connectivity index (χ1) is 11.7. The maximum absolute atomic E-state index is 8.56. The highest BCUT2D eigenvalue weighted by atomic mass is 16.6. The summed E-state index contributed by atoms with van der Waals surface area (Å²) in [6.07, 6.45) is -2.00. The average molecular weight is 375 g/mol. The molecule has 0 saturated carbocycles. The van der Waals surface area contributed by atoms with Gasteiger partial charge < -0.3 is 26.2 Å². The van der Waals surface area contributed by atoms with Gasteiger partial charge in [-0.2, -0.15) is 5.26 Å². The van der Waals surface area contributed by atoms with E-state index in [0.717, 1.165) is 11.8 Å². The van der Waals surface area contributed by atoms with E-state index in [9.17, 15) is 0 Å². The molecule has 0 saturated heterocycles. The van der Waals surface area contributed by atoms with Gasteiger partial charge in [0.1, 0.15) is 5.82 Å². The summed E-state index contributed by atoms with van der Waals surface area (Å²) in [6, 6.07) is 7.18. The third kappa shape index (κ3) is 338. The lowest BCUT2D eigenvalue weighted by Gasteiger charge is -1.82. The van der Waals surface area contributed by atoms with Crippen LogP contribution in [0.3, 0.4) is 0 Å². The first-order valence-corrected chi connectivity index (χ1v) is 7.55. The molecule has 0 unspecified atom stereocenters. The molecular weight excluding hydrogens is 342 g/mol. The minimum Gasteiger partial charge on any atom is -0.450 e. The van der Waals surface area contributed by atoms with E-state index in [1.165, 1.54) is 6.92 Å². The summed E-state index contributed by atoms with van der Waals surface area (Å²) in [5.41, 5.74) is 5.25. The Morgan fingerprint density at radius 3 is 1.27 bits per heavy atom. The number of nitrogens with zero attached hydrogens (tertiary/aromatic N) is 2. The van der Waals surface area contributed by atoms with Crippen LogP contribution in [0.2, 0.25) is 0 Å². The summed E-state index contributed by atoms with van der Waals surface area (Å²) in [5.74, 6) is 2.24. The molecule has 0 amide bonds. The molecular formula is C17H33N3O6. The number of carboxylic acid groups (broad SMARTS) is 4. The molecule has 0 bridgehead atoms. The fourth-order valence-corrected chi connectivity index (χ4v) is 0.376. The highest BCUT2D eigenvalue weighted by Crippen LogP contribution is 1.89. The molecule has 0 atom stereocenters. The summed E-state index contributed by atoms with van der Waals surface area (Å²) in [7, 11) is 0. The predicted molar refractivity (Wildman–Crippen MR) is 102 cm³/mol. The van der Waals surface area contributed by atoms with Gasteiger partial charge in [-0.15, -0.1) is 0 Å². The van der Waals surface area contributed by atoms with Crippen LogP contribution < -0.4 is 5.73 Å². The second kappa shape index (κ2) is 29.9. The number of hydrogen-bond donors (Lipinski definition) is 5. The van der Waals surface area contributed by atoms with Crippen LogP contribution in [0.4, 0.5) is 15.4 Å². The Labute approximate surface area is 155 Å². The number of nitrogen functional groups attached to an aromatic ring is 1. The van der Waals surface area contributed by atoms with E-state index in [1.54, 1.807) is 18.3 Å². The SMILES string of the molecule is CC#N.CC(C)C.CC(C)C.Nc1ccccn1.O=C(O)O.O=C(O)O. The standard InChI is InChI=1S/C5H6N2.2C4H10.C2H3N.2CH2O3/c6-5-3-1-2-4-7-5;2*1-4(2)3;1-2-3;2*2-1(3)4/h1-4H,(H2,6,7);2*4H,1-3H3;1H3;2*(H2,2,3,4). The molecule has 0 fully saturated rings. The fraction of sp³-hybridized carbons (Fsp3) is 0.529. The van der Waals surface area contributed by atoms with Crippen LogP contribution in [-0.2, 0) is 0 Å². The van der Waals surface area contributed by atoms with Gasteiger partial charge in [-0.05, 0) is 24.0 Å². The number of hydrogen-bond acceptors (Lipinski definition) is 5. The highest BCUT2D eigenvalue weighted by molar-refractivity contribution is 5.53. The topological polar surface area (TPSA) is 178 Å². The van der Waals surface area contributed by atoms with Crippen molar-refractivity contribution in [2.75, 3.05) is 5.73 Å². The van der Waals surface area contributed by atoms with Crippen LogP contribution in [0.1, 0.15) is 48.5 Å². The summed E-state index contributed by atoms with van der Waals surface area (Å²) in [5, 5.41) is 35.2. The van der Waals surface area contributed by atoms with Gasteiger partial charge in [-0.25, -0.2) is 14.6 Å². The molecule has 9 nitrogen and oxygen atoms in total. The molecule has 1 heterocycles. The zero-order valence-electron chi connectivity index (χ0n) is 16.5. The normalized spacial score (nSPS) is 7.23. The van der Waals surface area contributed by atoms with Crippen LogP contribution in [0.5, 0.6) is 0 Å². The molecule has 9 heteroatoms. The first kappa shape index (κ1) is 34.3. The fourth-order valence-electron chi connectivity index (χ4n) is 0.376. The molecule has 0 aliphatic heterocycles. The van der Waals surface area contributed by atoms with Crippen molar-refractivity contribution < 1.29 is 30.0 Å². The van der Waals surface area contributed by atoms with Crippen molar-refractivity contribution >= 4 is 18.1 Å². The Morgan fingerprint density at radius 1 is 0.962 bits per heavy atom. The lowest BCUT2D eigenvalue weighted by atomic mass is 10.3. The Kier molecular flexibility index (Phi) is 39.5. The lowest BCUT2D eigenvalue weighted by Crippen LogP contribution is -1.85. The van der Waals surface area contributed by atoms with Gasteiger partial charge in [0.2, 0.25) is 0 Å². The van der Waals surface area contributed by atoms with E-state index in [-0.39, 0.29) is 0 Å². The number of nitrogens with two attached hydrogens (primary N) is 1. The molecule has 1 aromatic rings. The molecule has 1 aromatic heterocycles. The van der Waals surface area contributed by atoms with Crippen LogP contribution in [0.15, 0.2) is 24.4 Å². The van der Waals surface area contributed by atoms with Crippen molar-refractivity contribution in [3.63, 3.8) is 0 Å². The van der Waals surface area contributed by atoms with E-state index in [1.807, 2.05) is 12.1 Å². The van der Waals surface area contributed by atoms with Crippen molar-refractivity contribution in [3.05, 3.63) is 24.4 Å². The quantitative estimate of drug-likeness (QED) is 0.419. The van der Waals surface area contributed by atoms with E-state index in [2.05, 4.69) is 46.5 Å². The zero-order chi connectivity index (χ0) is 22.1. The Morgan fingerprint density at radius 2 is 1.19 bits per heavy atom. The zero-order valence-corrected chi connectivity index (χ0v) is 16.5. The molecule has 26 heavy (non-hydrogen) atoms. The monoisotopic (exact) mass is 375 g/mol. The first-order valence-electron chi connectivity index (χ1n) is 7.55. The summed E-state index contributed by atoms with van der Waals surface area (Å²) in [6.45, 7) is 14.4. The van der Waals surface area contributed by atoms with Crippen molar-refractivity contribution in [1.82, 2.24) is 4.98 Å². The van der Waals surface area contributed by atoms with Crippen molar-refractivity contribution in [3.8, 4) is 6.07 Å². The number of pyridine rings is 1. The van der Waals surface area contributed by atoms with Crippen molar-refractivity contribution in [2.24, 2.45) is 11.8 Å². The van der Waals surface area contributed by atoms with Gasteiger partial charge in [0.15, 0.2) is 0 Å². The molecule has 1 rings (SSSR count). The van der Waals surface area contributed by atoms with Crippen LogP contribution >= 0.6 is 0 Å². The van der Waals surface area contributed by atoms with Gasteiger partial charge in [-0.1, -0.05) is 47.6 Å². The number of carbonyl (C=O) groups is 2. The van der Waals surface area contributed by atoms with Crippen LogP contribution in [0, 0.1) is 23.2 Å². The second-order valence-corrected chi connectivity index (χ2v) is 5.51. The second-order valence-electron chi connectivity index (χ2n) is 5.51. The van der Waals surface area contributed by atoms with E-state index in [4.69, 9.17) is 41.0 Å². The maximum Gasteiger partial charge on any atom is 0.503 e. The number of anilines is 1. The average Bonchev–Trinajstić information content (AvgIpc) is 2.37. The lowest BCUT2D eigenvalue weighted by molar-refractivity contribution is 0.135. The smallest absolute Gasteiger partial charge is 0.450 e. The van der Waals surface area contributed by atoms with Crippen LogP contribution in [0.25, 0.3) is 0 Å². The van der Waals surface area contributed by atoms with Gasteiger partial charge in [-0.3, -0.25) is 0 Å². The molecule has 0 spiro atoms.